The molecule has 0 bridgehead atoms. The predicted octanol–water partition coefficient (Wildman–Crippen LogP) is 0.979. The number of nitrogens with zero attached hydrogens (tertiary/aromatic N) is 2. The van der Waals surface area contributed by atoms with Crippen LogP contribution in [0.15, 0.2) is 24.3 Å². The molecule has 0 aromatic heterocycles. The van der Waals surface area contributed by atoms with Crippen LogP contribution in [0.3, 0.4) is 0 Å². The topological polar surface area (TPSA) is 61.9 Å². The number of hydrogen-bond acceptors (Lipinski definition) is 4. The number of nitrogens with one attached hydrogen (secondary N) is 1. The van der Waals surface area contributed by atoms with Crippen molar-refractivity contribution in [1.29, 1.82) is 0 Å². The Balaban J connectivity index is 1.45. The van der Waals surface area contributed by atoms with Crippen LogP contribution < -0.4 is 10.1 Å². The van der Waals surface area contributed by atoms with Gasteiger partial charge in [0.1, 0.15) is 5.75 Å². The molecular weight excluding hydrogens is 306 g/mol. The summed E-state index contributed by atoms with van der Waals surface area (Å²) >= 11 is 0. The number of piperazine rings is 1. The molecule has 0 spiro atoms. The lowest BCUT2D eigenvalue weighted by Crippen LogP contribution is -2.51. The van der Waals surface area contributed by atoms with Crippen LogP contribution in [0.25, 0.3) is 0 Å². The molecule has 2 amide bonds. The molecule has 1 aliphatic carbocycles. The molecule has 1 aliphatic heterocycles. The fourth-order valence-electron chi connectivity index (χ4n) is 2.89. The fourth-order valence-corrected chi connectivity index (χ4v) is 2.89. The van der Waals surface area contributed by atoms with Gasteiger partial charge in [0.2, 0.25) is 5.91 Å². The average molecular weight is 331 g/mol. The lowest BCUT2D eigenvalue weighted by atomic mass is 10.1. The smallest absolute Gasteiger partial charge is 0.254 e. The zero-order valence-electron chi connectivity index (χ0n) is 14.2. The number of carbonyl (C=O) groups is 2. The van der Waals surface area contributed by atoms with Gasteiger partial charge in [-0.3, -0.25) is 14.5 Å². The lowest BCUT2D eigenvalue weighted by molar-refractivity contribution is -0.122. The molecule has 6 heteroatoms. The van der Waals surface area contributed by atoms with E-state index in [0.717, 1.165) is 19.6 Å². The SMILES string of the molecule is COc1cccc(C(=O)N2CCN(CC(=O)NCC3CC3)CC2)c1. The summed E-state index contributed by atoms with van der Waals surface area (Å²) in [6, 6.07) is 7.23. The average Bonchev–Trinajstić information content (AvgIpc) is 3.44. The van der Waals surface area contributed by atoms with E-state index in [-0.39, 0.29) is 11.8 Å². The molecule has 0 unspecified atom stereocenters. The summed E-state index contributed by atoms with van der Waals surface area (Å²) in [5.74, 6) is 1.50. The highest BCUT2D eigenvalue weighted by Crippen LogP contribution is 2.27. The van der Waals surface area contributed by atoms with Crippen LogP contribution in [-0.4, -0.2) is 68.0 Å². The molecule has 0 atom stereocenters. The van der Waals surface area contributed by atoms with Crippen LogP contribution in [0.5, 0.6) is 5.75 Å². The number of methoxy groups -OCH3 is 1. The Bertz CT molecular complexity index is 593. The van der Waals surface area contributed by atoms with Gasteiger partial charge in [-0.15, -0.1) is 0 Å². The van der Waals surface area contributed by atoms with E-state index in [1.54, 1.807) is 13.2 Å². The zero-order valence-corrected chi connectivity index (χ0v) is 14.2. The first kappa shape index (κ1) is 16.8. The number of hydrogen-bond donors (Lipinski definition) is 1. The van der Waals surface area contributed by atoms with Crippen molar-refractivity contribution in [1.82, 2.24) is 15.1 Å². The molecular formula is C18H25N3O3. The van der Waals surface area contributed by atoms with Crippen molar-refractivity contribution in [2.24, 2.45) is 5.92 Å². The molecule has 1 heterocycles. The van der Waals surface area contributed by atoms with Crippen molar-refractivity contribution < 1.29 is 14.3 Å². The van der Waals surface area contributed by atoms with E-state index in [1.165, 1.54) is 12.8 Å². The monoisotopic (exact) mass is 331 g/mol. The first-order chi connectivity index (χ1) is 11.7. The van der Waals surface area contributed by atoms with Gasteiger partial charge in [0.25, 0.3) is 5.91 Å². The Morgan fingerprint density at radius 3 is 2.62 bits per heavy atom. The number of amides is 2. The zero-order chi connectivity index (χ0) is 16.9. The second kappa shape index (κ2) is 7.66. The Morgan fingerprint density at radius 2 is 1.96 bits per heavy atom. The third kappa shape index (κ3) is 4.47. The minimum absolute atomic E-state index is 0.0201. The molecule has 6 nitrogen and oxygen atoms in total. The molecule has 1 aromatic rings. The van der Waals surface area contributed by atoms with E-state index in [1.807, 2.05) is 23.1 Å². The second-order valence-corrected chi connectivity index (χ2v) is 6.55. The van der Waals surface area contributed by atoms with E-state index in [9.17, 15) is 9.59 Å². The van der Waals surface area contributed by atoms with Gasteiger partial charge in [0.15, 0.2) is 0 Å². The Kier molecular flexibility index (Phi) is 5.35. The van der Waals surface area contributed by atoms with E-state index in [0.29, 0.717) is 36.9 Å². The highest BCUT2D eigenvalue weighted by Gasteiger charge is 2.25. The van der Waals surface area contributed by atoms with E-state index in [4.69, 9.17) is 4.74 Å². The summed E-state index contributed by atoms with van der Waals surface area (Å²) in [4.78, 5) is 28.4. The van der Waals surface area contributed by atoms with Gasteiger partial charge >= 0.3 is 0 Å². The minimum Gasteiger partial charge on any atom is -0.497 e. The van der Waals surface area contributed by atoms with Crippen molar-refractivity contribution >= 4 is 11.8 Å². The fraction of sp³-hybridized carbons (Fsp3) is 0.556. The van der Waals surface area contributed by atoms with Crippen molar-refractivity contribution in [2.75, 3.05) is 46.4 Å². The van der Waals surface area contributed by atoms with Crippen LogP contribution in [-0.2, 0) is 4.79 Å². The van der Waals surface area contributed by atoms with Gasteiger partial charge in [-0.2, -0.15) is 0 Å². The van der Waals surface area contributed by atoms with Crippen LogP contribution in [0.4, 0.5) is 0 Å². The Hall–Kier alpha value is -2.08. The standard InChI is InChI=1S/C18H25N3O3/c1-24-16-4-2-3-15(11-16)18(23)21-9-7-20(8-10-21)13-17(22)19-12-14-5-6-14/h2-4,11,14H,5-10,12-13H2,1H3,(H,19,22). The maximum atomic E-state index is 12.6. The summed E-state index contributed by atoms with van der Waals surface area (Å²) < 4.78 is 5.17. The first-order valence-corrected chi connectivity index (χ1v) is 8.58. The van der Waals surface area contributed by atoms with Crippen molar-refractivity contribution in [2.45, 2.75) is 12.8 Å². The van der Waals surface area contributed by atoms with Gasteiger partial charge in [-0.25, -0.2) is 0 Å². The number of ether oxygens (including phenoxy) is 1. The van der Waals surface area contributed by atoms with Gasteiger partial charge in [0, 0.05) is 38.3 Å². The third-order valence-electron chi connectivity index (χ3n) is 4.63. The van der Waals surface area contributed by atoms with Gasteiger partial charge < -0.3 is 15.0 Å². The molecule has 1 saturated carbocycles. The third-order valence-corrected chi connectivity index (χ3v) is 4.63. The van der Waals surface area contributed by atoms with Gasteiger partial charge in [0.05, 0.1) is 13.7 Å². The van der Waals surface area contributed by atoms with Crippen LogP contribution in [0.2, 0.25) is 0 Å². The van der Waals surface area contributed by atoms with Crippen LogP contribution >= 0.6 is 0 Å². The predicted molar refractivity (Wildman–Crippen MR) is 91.1 cm³/mol. The molecule has 1 N–H and O–H groups in total. The first-order valence-electron chi connectivity index (χ1n) is 8.58. The highest BCUT2D eigenvalue weighted by molar-refractivity contribution is 5.94. The molecule has 0 radical (unpaired) electrons. The molecule has 1 saturated heterocycles. The molecule has 1 aromatic carbocycles. The minimum atomic E-state index is 0.0201. The quantitative estimate of drug-likeness (QED) is 0.844. The summed E-state index contributed by atoms with van der Waals surface area (Å²) in [6.45, 7) is 3.98. The largest absolute Gasteiger partial charge is 0.497 e. The summed E-state index contributed by atoms with van der Waals surface area (Å²) in [6.07, 6.45) is 2.48. The van der Waals surface area contributed by atoms with Gasteiger partial charge in [-0.1, -0.05) is 6.07 Å². The molecule has 24 heavy (non-hydrogen) atoms. The molecule has 2 fully saturated rings. The molecule has 2 aliphatic rings. The molecule has 130 valence electrons. The summed E-state index contributed by atoms with van der Waals surface area (Å²) in [5.41, 5.74) is 0.643. The summed E-state index contributed by atoms with van der Waals surface area (Å²) in [7, 11) is 1.59. The Morgan fingerprint density at radius 1 is 1.21 bits per heavy atom. The van der Waals surface area contributed by atoms with E-state index < -0.39 is 0 Å². The number of rotatable bonds is 6. The number of benzene rings is 1. The second-order valence-electron chi connectivity index (χ2n) is 6.55. The normalized spacial score (nSPS) is 18.3. The highest BCUT2D eigenvalue weighted by atomic mass is 16.5. The summed E-state index contributed by atoms with van der Waals surface area (Å²) in [5, 5.41) is 2.99. The number of carbonyl (C=O) groups excluding carboxylic acids is 2. The van der Waals surface area contributed by atoms with Crippen molar-refractivity contribution in [3.63, 3.8) is 0 Å². The van der Waals surface area contributed by atoms with Crippen molar-refractivity contribution in [3.05, 3.63) is 29.8 Å². The van der Waals surface area contributed by atoms with E-state index in [2.05, 4.69) is 10.2 Å². The van der Waals surface area contributed by atoms with Crippen LogP contribution in [0.1, 0.15) is 23.2 Å². The van der Waals surface area contributed by atoms with Gasteiger partial charge in [-0.05, 0) is 37.0 Å². The van der Waals surface area contributed by atoms with Crippen molar-refractivity contribution in [3.8, 4) is 5.75 Å². The Labute approximate surface area is 142 Å². The lowest BCUT2D eigenvalue weighted by Gasteiger charge is -2.34. The maximum Gasteiger partial charge on any atom is 0.254 e. The molecule has 3 rings (SSSR count). The van der Waals surface area contributed by atoms with E-state index >= 15 is 0 Å². The maximum absolute atomic E-state index is 12.6. The van der Waals surface area contributed by atoms with Crippen LogP contribution in [0, 0.1) is 5.92 Å².